The summed E-state index contributed by atoms with van der Waals surface area (Å²) in [6.07, 6.45) is -0.349. The predicted octanol–water partition coefficient (Wildman–Crippen LogP) is 3.22. The molecule has 0 aromatic heterocycles. The summed E-state index contributed by atoms with van der Waals surface area (Å²) in [6.45, 7) is 2.06. The molecular weight excluding hydrogens is 362 g/mol. The molecule has 1 N–H and O–H groups in total. The molecule has 148 valence electrons. The van der Waals surface area contributed by atoms with Crippen LogP contribution in [-0.2, 0) is 9.53 Å². The van der Waals surface area contributed by atoms with Gasteiger partial charge in [0.2, 0.25) is 0 Å². The van der Waals surface area contributed by atoms with Gasteiger partial charge in [0.25, 0.3) is 0 Å². The molecule has 0 spiro atoms. The first kappa shape index (κ1) is 20.5. The van der Waals surface area contributed by atoms with Crippen molar-refractivity contribution in [2.75, 3.05) is 14.2 Å². The van der Waals surface area contributed by atoms with Crippen LogP contribution >= 0.6 is 0 Å². The van der Waals surface area contributed by atoms with Crippen LogP contribution in [0.1, 0.15) is 32.4 Å². The average Bonchev–Trinajstić information content (AvgIpc) is 2.58. The lowest BCUT2D eigenvalue weighted by atomic mass is 9.94. The molecular formula is C18H22F2N2O5. The maximum Gasteiger partial charge on any atom is 0.387 e. The van der Waals surface area contributed by atoms with Crippen LogP contribution in [0, 0.1) is 0 Å². The Balaban J connectivity index is 2.50. The van der Waals surface area contributed by atoms with Crippen LogP contribution in [-0.4, -0.2) is 43.8 Å². The van der Waals surface area contributed by atoms with Crippen molar-refractivity contribution in [2.24, 2.45) is 0 Å². The van der Waals surface area contributed by atoms with Crippen molar-refractivity contribution in [1.29, 1.82) is 0 Å². The van der Waals surface area contributed by atoms with Crippen LogP contribution in [0.3, 0.4) is 0 Å². The number of urea groups is 1. The lowest BCUT2D eigenvalue weighted by Crippen LogP contribution is -2.46. The van der Waals surface area contributed by atoms with E-state index in [1.807, 2.05) is 0 Å². The molecule has 0 aliphatic carbocycles. The van der Waals surface area contributed by atoms with Gasteiger partial charge in [-0.05, 0) is 38.5 Å². The summed E-state index contributed by atoms with van der Waals surface area (Å²) in [7, 11) is 2.84. The molecule has 1 aromatic rings. The molecule has 2 rings (SSSR count). The predicted molar refractivity (Wildman–Crippen MR) is 92.6 cm³/mol. The summed E-state index contributed by atoms with van der Waals surface area (Å²) in [5.41, 5.74) is 1.14. The fraction of sp³-hybridized carbons (Fsp3) is 0.444. The van der Waals surface area contributed by atoms with Crippen LogP contribution in [0.15, 0.2) is 29.5 Å². The van der Waals surface area contributed by atoms with Crippen molar-refractivity contribution in [3.05, 3.63) is 35.0 Å². The highest BCUT2D eigenvalue weighted by atomic mass is 19.3. The number of ether oxygens (including phenoxy) is 3. The largest absolute Gasteiger partial charge is 0.493 e. The molecule has 1 aromatic carbocycles. The SMILES string of the molecule is COc1cc([C@H]2NC(=O)N(C)C(C)=C2C(=O)OC(C)C)ccc1OC(F)F. The fourth-order valence-corrected chi connectivity index (χ4v) is 2.68. The number of amides is 2. The molecule has 0 saturated carbocycles. The number of benzene rings is 1. The Kier molecular flexibility index (Phi) is 6.24. The number of halogens is 2. The van der Waals surface area contributed by atoms with Crippen molar-refractivity contribution in [3.8, 4) is 11.5 Å². The zero-order valence-corrected chi connectivity index (χ0v) is 15.7. The highest BCUT2D eigenvalue weighted by Crippen LogP contribution is 2.36. The molecule has 2 amide bonds. The van der Waals surface area contributed by atoms with Gasteiger partial charge in [-0.15, -0.1) is 0 Å². The van der Waals surface area contributed by atoms with Gasteiger partial charge in [0.05, 0.1) is 24.8 Å². The van der Waals surface area contributed by atoms with E-state index in [0.717, 1.165) is 0 Å². The third kappa shape index (κ3) is 4.47. The van der Waals surface area contributed by atoms with Crippen molar-refractivity contribution in [3.63, 3.8) is 0 Å². The van der Waals surface area contributed by atoms with E-state index in [9.17, 15) is 18.4 Å². The minimum absolute atomic E-state index is 0.0511. The van der Waals surface area contributed by atoms with E-state index in [4.69, 9.17) is 9.47 Å². The molecule has 27 heavy (non-hydrogen) atoms. The van der Waals surface area contributed by atoms with Gasteiger partial charge in [-0.25, -0.2) is 9.59 Å². The normalized spacial score (nSPS) is 17.3. The summed E-state index contributed by atoms with van der Waals surface area (Å²) >= 11 is 0. The van der Waals surface area contributed by atoms with Crippen LogP contribution in [0.5, 0.6) is 11.5 Å². The summed E-state index contributed by atoms with van der Waals surface area (Å²) in [5.74, 6) is -0.677. The minimum atomic E-state index is -3.01. The first-order chi connectivity index (χ1) is 12.6. The summed E-state index contributed by atoms with van der Waals surface area (Å²) in [6, 6.07) is 2.97. The lowest BCUT2D eigenvalue weighted by molar-refractivity contribution is -0.143. The second kappa shape index (κ2) is 8.24. The Bertz CT molecular complexity index is 764. The van der Waals surface area contributed by atoms with Gasteiger partial charge in [-0.2, -0.15) is 8.78 Å². The zero-order chi connectivity index (χ0) is 20.3. The number of hydrogen-bond acceptors (Lipinski definition) is 5. The number of carbonyl (C=O) groups is 2. The van der Waals surface area contributed by atoms with E-state index in [-0.39, 0.29) is 23.2 Å². The van der Waals surface area contributed by atoms with Crippen LogP contribution in [0.2, 0.25) is 0 Å². The number of esters is 1. The summed E-state index contributed by atoms with van der Waals surface area (Å²) in [4.78, 5) is 26.1. The smallest absolute Gasteiger partial charge is 0.387 e. The summed E-state index contributed by atoms with van der Waals surface area (Å²) < 4.78 is 39.8. The van der Waals surface area contributed by atoms with Gasteiger partial charge in [-0.1, -0.05) is 6.07 Å². The minimum Gasteiger partial charge on any atom is -0.493 e. The second-order valence-corrected chi connectivity index (χ2v) is 6.18. The van der Waals surface area contributed by atoms with Crippen molar-refractivity contribution >= 4 is 12.0 Å². The van der Waals surface area contributed by atoms with Crippen molar-refractivity contribution < 1.29 is 32.6 Å². The second-order valence-electron chi connectivity index (χ2n) is 6.18. The number of rotatable bonds is 6. The van der Waals surface area contributed by atoms with Gasteiger partial charge in [0.15, 0.2) is 11.5 Å². The standard InChI is InChI=1S/C18H22F2N2O5/c1-9(2)26-16(23)14-10(3)22(4)18(24)21-15(14)11-6-7-12(27-17(19)20)13(8-11)25-5/h6-9,15,17H,1-5H3,(H,21,24)/t15-/m1/s1. The Hall–Kier alpha value is -2.84. The Morgan fingerprint density at radius 3 is 2.48 bits per heavy atom. The molecule has 9 heteroatoms. The number of alkyl halides is 2. The van der Waals surface area contributed by atoms with Gasteiger partial charge >= 0.3 is 18.6 Å². The molecule has 0 radical (unpaired) electrons. The maximum absolute atomic E-state index is 12.6. The molecule has 0 bridgehead atoms. The monoisotopic (exact) mass is 384 g/mol. The molecule has 1 aliphatic heterocycles. The quantitative estimate of drug-likeness (QED) is 0.762. The number of nitrogens with one attached hydrogen (secondary N) is 1. The number of nitrogens with zero attached hydrogens (tertiary/aromatic N) is 1. The van der Waals surface area contributed by atoms with E-state index < -0.39 is 24.7 Å². The molecule has 1 aliphatic rings. The van der Waals surface area contributed by atoms with E-state index in [2.05, 4.69) is 10.1 Å². The van der Waals surface area contributed by atoms with E-state index in [1.165, 1.54) is 37.3 Å². The van der Waals surface area contributed by atoms with Gasteiger partial charge in [0.1, 0.15) is 0 Å². The van der Waals surface area contributed by atoms with E-state index in [1.54, 1.807) is 20.8 Å². The molecule has 1 heterocycles. The Morgan fingerprint density at radius 1 is 1.26 bits per heavy atom. The first-order valence-electron chi connectivity index (χ1n) is 8.24. The van der Waals surface area contributed by atoms with Crippen molar-refractivity contribution in [2.45, 2.75) is 39.5 Å². The topological polar surface area (TPSA) is 77.1 Å². The van der Waals surface area contributed by atoms with E-state index in [0.29, 0.717) is 11.3 Å². The fourth-order valence-electron chi connectivity index (χ4n) is 2.68. The average molecular weight is 384 g/mol. The maximum atomic E-state index is 12.6. The summed E-state index contributed by atoms with van der Waals surface area (Å²) in [5, 5.41) is 2.71. The van der Waals surface area contributed by atoms with Gasteiger partial charge in [-0.3, -0.25) is 0 Å². The molecule has 1 atom stereocenters. The number of hydrogen-bond donors (Lipinski definition) is 1. The molecule has 7 nitrogen and oxygen atoms in total. The molecule has 0 fully saturated rings. The van der Waals surface area contributed by atoms with Crippen molar-refractivity contribution in [1.82, 2.24) is 10.2 Å². The van der Waals surface area contributed by atoms with Crippen LogP contribution < -0.4 is 14.8 Å². The van der Waals surface area contributed by atoms with Gasteiger partial charge in [0, 0.05) is 12.7 Å². The lowest BCUT2D eigenvalue weighted by Gasteiger charge is -2.33. The van der Waals surface area contributed by atoms with Crippen LogP contribution in [0.25, 0.3) is 0 Å². The van der Waals surface area contributed by atoms with Crippen LogP contribution in [0.4, 0.5) is 13.6 Å². The zero-order valence-electron chi connectivity index (χ0n) is 15.7. The van der Waals surface area contributed by atoms with E-state index >= 15 is 0 Å². The Morgan fingerprint density at radius 2 is 1.93 bits per heavy atom. The highest BCUT2D eigenvalue weighted by molar-refractivity contribution is 5.95. The third-order valence-corrected chi connectivity index (χ3v) is 4.05. The third-order valence-electron chi connectivity index (χ3n) is 4.05. The highest BCUT2D eigenvalue weighted by Gasteiger charge is 2.35. The number of methoxy groups -OCH3 is 1. The molecule has 0 unspecified atom stereocenters. The first-order valence-corrected chi connectivity index (χ1v) is 8.24. The number of allylic oxidation sites excluding steroid dienone is 1. The number of carbonyl (C=O) groups excluding carboxylic acids is 2. The molecule has 0 saturated heterocycles. The Labute approximate surface area is 155 Å². The van der Waals surface area contributed by atoms with Gasteiger partial charge < -0.3 is 24.4 Å².